The minimum atomic E-state index is -0.313. The number of carbonyl (C=O) groups excluding carboxylic acids is 2. The average Bonchev–Trinajstić information content (AvgIpc) is 3.17. The number of rotatable bonds is 6. The molecular formula is C19H23FN4O2. The van der Waals surface area contributed by atoms with Gasteiger partial charge in [-0.2, -0.15) is 0 Å². The van der Waals surface area contributed by atoms with Crippen molar-refractivity contribution in [1.82, 2.24) is 19.8 Å². The van der Waals surface area contributed by atoms with Crippen LogP contribution in [-0.2, 0) is 22.6 Å². The Balaban J connectivity index is 1.47. The maximum absolute atomic E-state index is 13.0. The molecule has 0 spiro atoms. The van der Waals surface area contributed by atoms with Crippen molar-refractivity contribution in [3.8, 4) is 0 Å². The number of benzene rings is 1. The van der Waals surface area contributed by atoms with Gasteiger partial charge in [-0.1, -0.05) is 12.1 Å². The number of hydrogen-bond donors (Lipinski definition) is 1. The normalized spacial score (nSPS) is 17.1. The molecule has 3 rings (SSSR count). The molecule has 1 fully saturated rings. The van der Waals surface area contributed by atoms with Crippen LogP contribution in [0, 0.1) is 11.7 Å². The molecule has 1 atom stereocenters. The summed E-state index contributed by atoms with van der Waals surface area (Å²) in [6.45, 7) is 2.32. The van der Waals surface area contributed by atoms with Gasteiger partial charge in [-0.05, 0) is 30.5 Å². The predicted octanol–water partition coefficient (Wildman–Crippen LogP) is 1.62. The van der Waals surface area contributed by atoms with Crippen LogP contribution >= 0.6 is 0 Å². The zero-order valence-electron chi connectivity index (χ0n) is 14.6. The molecule has 7 heteroatoms. The lowest BCUT2D eigenvalue weighted by Crippen LogP contribution is -2.46. The van der Waals surface area contributed by atoms with Crippen molar-refractivity contribution >= 4 is 11.8 Å². The van der Waals surface area contributed by atoms with Gasteiger partial charge in [0.15, 0.2) is 0 Å². The van der Waals surface area contributed by atoms with E-state index in [1.54, 1.807) is 29.6 Å². The molecule has 0 bridgehead atoms. The molecule has 26 heavy (non-hydrogen) atoms. The minimum Gasteiger partial charge on any atom is -0.354 e. The molecule has 1 aliphatic rings. The van der Waals surface area contributed by atoms with E-state index in [1.807, 2.05) is 10.8 Å². The smallest absolute Gasteiger partial charge is 0.227 e. The van der Waals surface area contributed by atoms with Crippen LogP contribution < -0.4 is 5.32 Å². The van der Waals surface area contributed by atoms with Crippen molar-refractivity contribution in [3.63, 3.8) is 0 Å². The quantitative estimate of drug-likeness (QED) is 0.853. The van der Waals surface area contributed by atoms with E-state index in [4.69, 9.17) is 0 Å². The minimum absolute atomic E-state index is 0.00982. The number of nitrogens with one attached hydrogen (secondary N) is 1. The summed E-state index contributed by atoms with van der Waals surface area (Å²) >= 11 is 0. The lowest BCUT2D eigenvalue weighted by atomic mass is 9.96. The van der Waals surface area contributed by atoms with Crippen molar-refractivity contribution in [1.29, 1.82) is 0 Å². The van der Waals surface area contributed by atoms with E-state index in [9.17, 15) is 14.0 Å². The molecule has 6 nitrogen and oxygen atoms in total. The van der Waals surface area contributed by atoms with Crippen molar-refractivity contribution in [2.45, 2.75) is 25.8 Å². The summed E-state index contributed by atoms with van der Waals surface area (Å²) in [5.41, 5.74) is 0.781. The van der Waals surface area contributed by atoms with Gasteiger partial charge in [0.1, 0.15) is 5.82 Å². The van der Waals surface area contributed by atoms with Crippen LogP contribution in [0.25, 0.3) is 0 Å². The fourth-order valence-electron chi connectivity index (χ4n) is 3.18. The topological polar surface area (TPSA) is 67.2 Å². The highest BCUT2D eigenvalue weighted by atomic mass is 19.1. The lowest BCUT2D eigenvalue weighted by molar-refractivity contribution is -0.135. The second-order valence-electron chi connectivity index (χ2n) is 6.57. The Labute approximate surface area is 152 Å². The van der Waals surface area contributed by atoms with Gasteiger partial charge in [0.2, 0.25) is 11.8 Å². The number of likely N-dealkylation sites (tertiary alicyclic amines) is 1. The maximum Gasteiger partial charge on any atom is 0.227 e. The van der Waals surface area contributed by atoms with E-state index in [-0.39, 0.29) is 30.0 Å². The molecule has 1 aromatic heterocycles. The van der Waals surface area contributed by atoms with Gasteiger partial charge >= 0.3 is 0 Å². The van der Waals surface area contributed by atoms with Crippen LogP contribution in [0.1, 0.15) is 18.4 Å². The number of amides is 2. The van der Waals surface area contributed by atoms with E-state index in [0.717, 1.165) is 18.4 Å². The number of nitrogens with zero attached hydrogens (tertiary/aromatic N) is 3. The lowest BCUT2D eigenvalue weighted by Gasteiger charge is -2.32. The highest BCUT2D eigenvalue weighted by molar-refractivity contribution is 5.82. The summed E-state index contributed by atoms with van der Waals surface area (Å²) in [7, 11) is 0. The van der Waals surface area contributed by atoms with Gasteiger partial charge in [-0.15, -0.1) is 0 Å². The standard InChI is InChI=1S/C19H23FN4O2/c20-17-5-3-15(4-6-17)12-18(25)24-9-1-2-16(13-24)19(26)22-8-11-23-10-7-21-14-23/h3-7,10,14,16H,1-2,8-9,11-13H2,(H,22,26). The fraction of sp³-hybridized carbons (Fsp3) is 0.421. The molecule has 138 valence electrons. The predicted molar refractivity (Wildman–Crippen MR) is 94.6 cm³/mol. The van der Waals surface area contributed by atoms with Gasteiger partial charge in [0.05, 0.1) is 18.7 Å². The Kier molecular flexibility index (Phi) is 5.99. The summed E-state index contributed by atoms with van der Waals surface area (Å²) in [4.78, 5) is 30.6. The molecule has 0 saturated carbocycles. The van der Waals surface area contributed by atoms with Crippen LogP contribution in [-0.4, -0.2) is 45.9 Å². The van der Waals surface area contributed by atoms with Gasteiger partial charge < -0.3 is 14.8 Å². The van der Waals surface area contributed by atoms with E-state index in [0.29, 0.717) is 26.2 Å². The van der Waals surface area contributed by atoms with Crippen molar-refractivity contribution in [2.75, 3.05) is 19.6 Å². The summed E-state index contributed by atoms with van der Waals surface area (Å²) in [6, 6.07) is 5.96. The van der Waals surface area contributed by atoms with E-state index in [2.05, 4.69) is 10.3 Å². The fourth-order valence-corrected chi connectivity index (χ4v) is 3.18. The Morgan fingerprint density at radius 1 is 1.27 bits per heavy atom. The number of carbonyl (C=O) groups is 2. The largest absolute Gasteiger partial charge is 0.354 e. The molecule has 1 N–H and O–H groups in total. The molecule has 2 amide bonds. The first-order valence-corrected chi connectivity index (χ1v) is 8.87. The van der Waals surface area contributed by atoms with E-state index >= 15 is 0 Å². The average molecular weight is 358 g/mol. The van der Waals surface area contributed by atoms with E-state index < -0.39 is 0 Å². The number of piperidine rings is 1. The molecule has 0 radical (unpaired) electrons. The summed E-state index contributed by atoms with van der Waals surface area (Å²) in [5.74, 6) is -0.521. The van der Waals surface area contributed by atoms with Crippen molar-refractivity contribution in [2.24, 2.45) is 5.92 Å². The van der Waals surface area contributed by atoms with Gasteiger partial charge in [0.25, 0.3) is 0 Å². The molecule has 2 aromatic rings. The van der Waals surface area contributed by atoms with Crippen LogP contribution in [0.4, 0.5) is 4.39 Å². The first-order valence-electron chi connectivity index (χ1n) is 8.87. The third kappa shape index (κ3) is 4.91. The molecular weight excluding hydrogens is 335 g/mol. The highest BCUT2D eigenvalue weighted by Gasteiger charge is 2.28. The molecule has 1 aromatic carbocycles. The number of hydrogen-bond acceptors (Lipinski definition) is 3. The van der Waals surface area contributed by atoms with E-state index in [1.165, 1.54) is 12.1 Å². The number of halogens is 1. The highest BCUT2D eigenvalue weighted by Crippen LogP contribution is 2.18. The second kappa shape index (κ2) is 8.60. The summed E-state index contributed by atoms with van der Waals surface area (Å²) in [5, 5.41) is 2.94. The third-order valence-electron chi connectivity index (χ3n) is 4.64. The Bertz CT molecular complexity index is 731. The summed E-state index contributed by atoms with van der Waals surface area (Å²) in [6.07, 6.45) is 7.10. The van der Waals surface area contributed by atoms with Crippen LogP contribution in [0.5, 0.6) is 0 Å². The Hall–Kier alpha value is -2.70. The Morgan fingerprint density at radius 2 is 2.08 bits per heavy atom. The number of imidazole rings is 1. The molecule has 2 heterocycles. The monoisotopic (exact) mass is 358 g/mol. The van der Waals surface area contributed by atoms with Gasteiger partial charge in [0, 0.05) is 38.6 Å². The third-order valence-corrected chi connectivity index (χ3v) is 4.64. The molecule has 1 aliphatic heterocycles. The molecule has 1 unspecified atom stereocenters. The second-order valence-corrected chi connectivity index (χ2v) is 6.57. The van der Waals surface area contributed by atoms with Crippen LogP contribution in [0.15, 0.2) is 43.0 Å². The van der Waals surface area contributed by atoms with Crippen molar-refractivity contribution < 1.29 is 14.0 Å². The Morgan fingerprint density at radius 3 is 2.81 bits per heavy atom. The number of aromatic nitrogens is 2. The van der Waals surface area contributed by atoms with Gasteiger partial charge in [-0.3, -0.25) is 9.59 Å². The first kappa shape index (κ1) is 18.1. The van der Waals surface area contributed by atoms with Crippen LogP contribution in [0.3, 0.4) is 0 Å². The molecule has 1 saturated heterocycles. The van der Waals surface area contributed by atoms with Crippen molar-refractivity contribution in [3.05, 3.63) is 54.4 Å². The zero-order chi connectivity index (χ0) is 18.4. The summed E-state index contributed by atoms with van der Waals surface area (Å²) < 4.78 is 14.9. The van der Waals surface area contributed by atoms with Crippen LogP contribution in [0.2, 0.25) is 0 Å². The SMILES string of the molecule is O=C(NCCn1ccnc1)C1CCCN(C(=O)Cc2ccc(F)cc2)C1. The molecule has 0 aliphatic carbocycles. The van der Waals surface area contributed by atoms with Gasteiger partial charge in [-0.25, -0.2) is 9.37 Å². The maximum atomic E-state index is 13.0. The first-order chi connectivity index (χ1) is 12.6. The zero-order valence-corrected chi connectivity index (χ0v) is 14.6.